The summed E-state index contributed by atoms with van der Waals surface area (Å²) >= 11 is 0. The quantitative estimate of drug-likeness (QED) is 0.346. The molecule has 6 rings (SSSR count). The molecule has 2 aromatic rings. The highest BCUT2D eigenvalue weighted by molar-refractivity contribution is 8.13. The molecular formula is C29H37ClN4O8S2. The predicted molar refractivity (Wildman–Crippen MR) is 167 cm³/mol. The summed E-state index contributed by atoms with van der Waals surface area (Å²) in [6.07, 6.45) is 4.51. The first kappa shape index (κ1) is 35.3. The van der Waals surface area contributed by atoms with Crippen LogP contribution in [0.15, 0.2) is 48.5 Å². The van der Waals surface area contributed by atoms with Crippen LogP contribution in [-0.4, -0.2) is 105 Å². The molecule has 4 aliphatic heterocycles. The Bertz CT molecular complexity index is 1530. The molecule has 0 saturated carbocycles. The smallest absolute Gasteiger partial charge is 0.261 e. The van der Waals surface area contributed by atoms with Gasteiger partial charge in [-0.25, -0.2) is 21.1 Å². The zero-order valence-electron chi connectivity index (χ0n) is 23.4. The van der Waals surface area contributed by atoms with E-state index in [0.717, 1.165) is 22.6 Å². The number of carbonyl (C=O) groups is 4. The lowest BCUT2D eigenvalue weighted by atomic mass is 10.1. The number of hydrogen-bond donors (Lipinski definition) is 1. The van der Waals surface area contributed by atoms with Crippen LogP contribution in [0.25, 0.3) is 0 Å². The van der Waals surface area contributed by atoms with E-state index >= 15 is 0 Å². The Kier molecular flexibility index (Phi) is 12.2. The number of amides is 4. The Hall–Kier alpha value is -3.17. The van der Waals surface area contributed by atoms with Gasteiger partial charge in [-0.2, -0.15) is 0 Å². The molecule has 0 unspecified atom stereocenters. The van der Waals surface area contributed by atoms with E-state index < -0.39 is 48.5 Å². The molecule has 240 valence electrons. The van der Waals surface area contributed by atoms with Gasteiger partial charge in [0.25, 0.3) is 23.6 Å². The zero-order chi connectivity index (χ0) is 31.2. The predicted octanol–water partition coefficient (Wildman–Crippen LogP) is 2.57. The molecule has 4 heterocycles. The maximum atomic E-state index is 12.2. The number of benzene rings is 2. The zero-order valence-corrected chi connectivity index (χ0v) is 25.8. The van der Waals surface area contributed by atoms with Crippen molar-refractivity contribution >= 4 is 53.4 Å². The second-order valence-electron chi connectivity index (χ2n) is 10.2. The number of nitrogens with zero attached hydrogens (tertiary/aromatic N) is 3. The van der Waals surface area contributed by atoms with Gasteiger partial charge in [0.2, 0.25) is 19.1 Å². The first-order valence-corrected chi connectivity index (χ1v) is 18.0. The van der Waals surface area contributed by atoms with E-state index in [1.54, 1.807) is 36.4 Å². The summed E-state index contributed by atoms with van der Waals surface area (Å²) in [5, 5.41) is 3.22. The van der Waals surface area contributed by atoms with Crippen molar-refractivity contribution in [1.29, 1.82) is 0 Å². The average Bonchev–Trinajstić information content (AvgIpc) is 3.79. The molecule has 4 aliphatic rings. The number of carbonyl (C=O) groups excluding carboxylic acids is 4. The van der Waals surface area contributed by atoms with E-state index in [-0.39, 0.29) is 26.3 Å². The summed E-state index contributed by atoms with van der Waals surface area (Å²) in [6, 6.07) is 12.9. The summed E-state index contributed by atoms with van der Waals surface area (Å²) in [5.74, 6) is -2.44. The minimum atomic E-state index is -3.72. The van der Waals surface area contributed by atoms with Gasteiger partial charge in [0.15, 0.2) is 0 Å². The fourth-order valence-corrected chi connectivity index (χ4v) is 7.11. The highest BCUT2D eigenvalue weighted by Gasteiger charge is 2.37. The lowest BCUT2D eigenvalue weighted by Crippen LogP contribution is -2.38. The van der Waals surface area contributed by atoms with Gasteiger partial charge in [0.1, 0.15) is 0 Å². The Balaban J connectivity index is 0.000000206. The molecule has 0 aliphatic carbocycles. The minimum absolute atomic E-state index is 0. The second-order valence-corrected chi connectivity index (χ2v) is 15.2. The van der Waals surface area contributed by atoms with E-state index in [4.69, 9.17) is 10.7 Å². The minimum Gasteiger partial charge on any atom is -0.317 e. The highest BCUT2D eigenvalue weighted by Crippen LogP contribution is 2.24. The molecule has 44 heavy (non-hydrogen) atoms. The standard InChI is InChI=1S/C14H16N2O4S.C10H8ClNO4S.C4H9N.CH4/c17-13-11-5-1-2-6-12(11)14(18)16(13)9-10-21(19,20)15-7-3-4-8-15;11-17(15,16)6-5-12-9(13)7-3-1-2-4-8(7)10(12)14;1-2-4-5-3-1;/h1-2,5-6H,3-4,7-10H2;1-4H,5-6H2;5H,1-4H2;1H4. The third-order valence-electron chi connectivity index (χ3n) is 7.30. The topological polar surface area (TPSA) is 158 Å². The van der Waals surface area contributed by atoms with Crippen LogP contribution in [0.1, 0.15) is 74.5 Å². The van der Waals surface area contributed by atoms with Crippen molar-refractivity contribution in [2.75, 3.05) is 50.8 Å². The summed E-state index contributed by atoms with van der Waals surface area (Å²) in [4.78, 5) is 49.8. The molecule has 2 aromatic carbocycles. The van der Waals surface area contributed by atoms with E-state index in [9.17, 15) is 36.0 Å². The normalized spacial score (nSPS) is 17.8. The molecular weight excluding hydrogens is 632 g/mol. The van der Waals surface area contributed by atoms with Gasteiger partial charge in [0, 0.05) is 36.9 Å². The van der Waals surface area contributed by atoms with Crippen LogP contribution in [0, 0.1) is 0 Å². The molecule has 2 saturated heterocycles. The van der Waals surface area contributed by atoms with Crippen LogP contribution < -0.4 is 5.32 Å². The van der Waals surface area contributed by atoms with E-state index in [1.807, 2.05) is 0 Å². The van der Waals surface area contributed by atoms with Crippen molar-refractivity contribution < 1.29 is 36.0 Å². The van der Waals surface area contributed by atoms with Crippen molar-refractivity contribution in [1.82, 2.24) is 19.4 Å². The first-order chi connectivity index (χ1) is 20.4. The number of imide groups is 2. The van der Waals surface area contributed by atoms with Crippen LogP contribution in [0.5, 0.6) is 0 Å². The van der Waals surface area contributed by atoms with E-state index in [0.29, 0.717) is 35.3 Å². The van der Waals surface area contributed by atoms with Crippen LogP contribution >= 0.6 is 10.7 Å². The van der Waals surface area contributed by atoms with Gasteiger partial charge < -0.3 is 5.32 Å². The van der Waals surface area contributed by atoms with Gasteiger partial charge in [-0.05, 0) is 63.0 Å². The third kappa shape index (κ3) is 8.51. The number of hydrogen-bond acceptors (Lipinski definition) is 9. The van der Waals surface area contributed by atoms with Crippen LogP contribution in [0.4, 0.5) is 0 Å². The molecule has 2 fully saturated rings. The van der Waals surface area contributed by atoms with Crippen molar-refractivity contribution in [2.24, 2.45) is 0 Å². The second kappa shape index (κ2) is 15.2. The fourth-order valence-electron chi connectivity index (χ4n) is 5.01. The lowest BCUT2D eigenvalue weighted by Gasteiger charge is -2.18. The van der Waals surface area contributed by atoms with E-state index in [2.05, 4.69) is 5.32 Å². The van der Waals surface area contributed by atoms with Crippen LogP contribution in [0.3, 0.4) is 0 Å². The van der Waals surface area contributed by atoms with Gasteiger partial charge >= 0.3 is 0 Å². The Morgan fingerprint density at radius 3 is 1.30 bits per heavy atom. The summed E-state index contributed by atoms with van der Waals surface area (Å²) in [5.41, 5.74) is 1.29. The number of sulfonamides is 1. The molecule has 0 radical (unpaired) electrons. The SMILES string of the molecule is C.C1CCNC1.O=C1c2ccccc2C(=O)N1CCS(=O)(=O)Cl.O=C1c2ccccc2C(=O)N1CCS(=O)(=O)N1CCCC1. The van der Waals surface area contributed by atoms with Crippen molar-refractivity contribution in [3.63, 3.8) is 0 Å². The van der Waals surface area contributed by atoms with Gasteiger partial charge in [-0.3, -0.25) is 29.0 Å². The maximum Gasteiger partial charge on any atom is 0.261 e. The molecule has 15 heteroatoms. The monoisotopic (exact) mass is 668 g/mol. The molecule has 12 nitrogen and oxygen atoms in total. The molecule has 0 bridgehead atoms. The Labute approximate surface area is 262 Å². The van der Waals surface area contributed by atoms with Crippen molar-refractivity contribution in [2.45, 2.75) is 33.1 Å². The number of nitrogens with one attached hydrogen (secondary N) is 1. The molecule has 0 aromatic heterocycles. The summed E-state index contributed by atoms with van der Waals surface area (Å²) < 4.78 is 47.3. The Morgan fingerprint density at radius 2 is 0.977 bits per heavy atom. The molecule has 0 spiro atoms. The van der Waals surface area contributed by atoms with Gasteiger partial charge in [-0.15, -0.1) is 0 Å². The largest absolute Gasteiger partial charge is 0.317 e. The fraction of sp³-hybridized carbons (Fsp3) is 0.448. The number of fused-ring (bicyclic) bond motifs is 2. The van der Waals surface area contributed by atoms with Crippen molar-refractivity contribution in [3.05, 3.63) is 70.8 Å². The number of rotatable bonds is 7. The third-order valence-corrected chi connectivity index (χ3v) is 10.3. The summed E-state index contributed by atoms with van der Waals surface area (Å²) in [7, 11) is -2.07. The average molecular weight is 669 g/mol. The highest BCUT2D eigenvalue weighted by atomic mass is 35.7. The van der Waals surface area contributed by atoms with E-state index in [1.165, 1.54) is 42.4 Å². The lowest BCUT2D eigenvalue weighted by molar-refractivity contribution is 0.0648. The van der Waals surface area contributed by atoms with Gasteiger partial charge in [-0.1, -0.05) is 31.7 Å². The molecule has 0 atom stereocenters. The number of halogens is 1. The Morgan fingerprint density at radius 1 is 0.614 bits per heavy atom. The first-order valence-electron chi connectivity index (χ1n) is 13.9. The van der Waals surface area contributed by atoms with Gasteiger partial charge in [0.05, 0.1) is 33.8 Å². The van der Waals surface area contributed by atoms with Crippen molar-refractivity contribution in [3.8, 4) is 0 Å². The maximum absolute atomic E-state index is 12.2. The molecule has 1 N–H and O–H groups in total. The molecule has 4 amide bonds. The summed E-state index contributed by atoms with van der Waals surface area (Å²) in [6.45, 7) is 3.25. The van der Waals surface area contributed by atoms with Crippen LogP contribution in [-0.2, 0) is 19.1 Å². The van der Waals surface area contributed by atoms with Crippen LogP contribution in [0.2, 0.25) is 0 Å².